The minimum atomic E-state index is -0.772. The van der Waals surface area contributed by atoms with Crippen LogP contribution in [0.3, 0.4) is 0 Å². The number of nitrogens with one attached hydrogen (secondary N) is 1. The van der Waals surface area contributed by atoms with E-state index in [0.29, 0.717) is 22.6 Å². The number of aliphatic hydroxyl groups excluding tert-OH is 1. The molecule has 3 aromatic rings. The van der Waals surface area contributed by atoms with Gasteiger partial charge in [0.15, 0.2) is 0 Å². The van der Waals surface area contributed by atoms with E-state index >= 15 is 0 Å². The van der Waals surface area contributed by atoms with E-state index in [1.54, 1.807) is 37.3 Å². The van der Waals surface area contributed by atoms with Crippen LogP contribution in [-0.2, 0) is 4.74 Å². The molecule has 2 N–H and O–H groups in total. The second-order valence-electron chi connectivity index (χ2n) is 6.82. The first kappa shape index (κ1) is 20.0. The van der Waals surface area contributed by atoms with E-state index in [4.69, 9.17) is 20.9 Å². The fraction of sp³-hybridized carbons (Fsp3) is 0.316. The zero-order valence-corrected chi connectivity index (χ0v) is 16.9. The maximum atomic E-state index is 12.1. The highest BCUT2D eigenvalue weighted by molar-refractivity contribution is 6.30. The molecule has 1 fully saturated rings. The number of aromatic nitrogens is 4. The highest BCUT2D eigenvalue weighted by Gasteiger charge is 2.38. The minimum absolute atomic E-state index is 0.0924. The van der Waals surface area contributed by atoms with Crippen molar-refractivity contribution in [3.05, 3.63) is 47.4 Å². The molecule has 11 heteroatoms. The first-order chi connectivity index (χ1) is 14.4. The number of carbonyl (C=O) groups excluding carboxylic acids is 1. The van der Waals surface area contributed by atoms with Gasteiger partial charge in [0.1, 0.15) is 24.5 Å². The number of aliphatic hydroxyl groups is 1. The van der Waals surface area contributed by atoms with Crippen LogP contribution in [0.15, 0.2) is 41.1 Å². The van der Waals surface area contributed by atoms with E-state index in [1.165, 1.54) is 11.1 Å². The van der Waals surface area contributed by atoms with Crippen molar-refractivity contribution in [2.45, 2.75) is 32.0 Å². The summed E-state index contributed by atoms with van der Waals surface area (Å²) in [5.74, 6) is 1.36. The van der Waals surface area contributed by atoms with Crippen molar-refractivity contribution in [3.63, 3.8) is 0 Å². The van der Waals surface area contributed by atoms with Crippen LogP contribution in [0.25, 0.3) is 11.4 Å². The molecule has 156 valence electrons. The number of hydrogen-bond donors (Lipinski definition) is 2. The van der Waals surface area contributed by atoms with Gasteiger partial charge in [-0.15, -0.1) is 0 Å². The lowest BCUT2D eigenvalue weighted by Gasteiger charge is -2.22. The molecule has 0 bridgehead atoms. The van der Waals surface area contributed by atoms with E-state index in [0.717, 1.165) is 5.56 Å². The first-order valence-electron chi connectivity index (χ1n) is 9.25. The van der Waals surface area contributed by atoms with Crippen LogP contribution >= 0.6 is 11.6 Å². The molecule has 4 rings (SSSR count). The Labute approximate surface area is 176 Å². The quantitative estimate of drug-likeness (QED) is 0.606. The summed E-state index contributed by atoms with van der Waals surface area (Å²) < 4.78 is 10.4. The molecule has 1 aliphatic heterocycles. The van der Waals surface area contributed by atoms with E-state index < -0.39 is 24.3 Å². The van der Waals surface area contributed by atoms with Gasteiger partial charge in [0, 0.05) is 16.8 Å². The number of ether oxygens (including phenoxy) is 1. The van der Waals surface area contributed by atoms with Crippen LogP contribution in [0.5, 0.6) is 0 Å². The highest BCUT2D eigenvalue weighted by Crippen LogP contribution is 2.25. The Morgan fingerprint density at radius 1 is 1.23 bits per heavy atom. The molecule has 1 aliphatic rings. The number of rotatable bonds is 6. The standard InChI is InChI=1S/C19H19ClN6O4/c1-10(17-24-16(25-30-17)12-3-5-13(20)6-4-12)22-18-21-8-7-15(23-18)26-14(11(2)27)9-29-19(26)28/h3-8,10-11,14,27H,9H2,1-2H3,(H,21,22,23)/t10-,11-,14-/m1/s1. The number of anilines is 2. The summed E-state index contributed by atoms with van der Waals surface area (Å²) in [7, 11) is 0. The number of nitrogens with zero attached hydrogens (tertiary/aromatic N) is 5. The predicted molar refractivity (Wildman–Crippen MR) is 108 cm³/mol. The molecule has 1 saturated heterocycles. The Morgan fingerprint density at radius 3 is 2.73 bits per heavy atom. The second-order valence-corrected chi connectivity index (χ2v) is 7.26. The molecule has 0 radical (unpaired) electrons. The van der Waals surface area contributed by atoms with Gasteiger partial charge in [-0.25, -0.2) is 9.78 Å². The molecular formula is C19H19ClN6O4. The predicted octanol–water partition coefficient (Wildman–Crippen LogP) is 3.06. The third kappa shape index (κ3) is 4.05. The normalized spacial score (nSPS) is 18.2. The number of hydrogen-bond acceptors (Lipinski definition) is 9. The van der Waals surface area contributed by atoms with Crippen LogP contribution in [0.4, 0.5) is 16.6 Å². The van der Waals surface area contributed by atoms with Gasteiger partial charge < -0.3 is 19.7 Å². The molecule has 0 aliphatic carbocycles. The Bertz CT molecular complexity index is 1040. The van der Waals surface area contributed by atoms with Gasteiger partial charge in [0.2, 0.25) is 17.7 Å². The first-order valence-corrected chi connectivity index (χ1v) is 9.63. The van der Waals surface area contributed by atoms with Crippen LogP contribution in [0.1, 0.15) is 25.8 Å². The molecular weight excluding hydrogens is 412 g/mol. The average molecular weight is 431 g/mol. The number of benzene rings is 1. The second kappa shape index (κ2) is 8.25. The molecule has 1 amide bonds. The monoisotopic (exact) mass is 430 g/mol. The lowest BCUT2D eigenvalue weighted by Crippen LogP contribution is -2.41. The van der Waals surface area contributed by atoms with Crippen molar-refractivity contribution < 1.29 is 19.2 Å². The van der Waals surface area contributed by atoms with Crippen molar-refractivity contribution >= 4 is 29.5 Å². The van der Waals surface area contributed by atoms with Crippen LogP contribution in [-0.4, -0.2) is 50.1 Å². The molecule has 3 heterocycles. The van der Waals surface area contributed by atoms with Crippen molar-refractivity contribution in [1.82, 2.24) is 20.1 Å². The summed E-state index contributed by atoms with van der Waals surface area (Å²) in [6, 6.07) is 7.76. The summed E-state index contributed by atoms with van der Waals surface area (Å²) in [6.07, 6.45) is 0.171. The fourth-order valence-electron chi connectivity index (χ4n) is 2.99. The molecule has 30 heavy (non-hydrogen) atoms. The van der Waals surface area contributed by atoms with Crippen LogP contribution in [0.2, 0.25) is 5.02 Å². The van der Waals surface area contributed by atoms with Crippen molar-refractivity contribution in [3.8, 4) is 11.4 Å². The maximum Gasteiger partial charge on any atom is 0.416 e. The molecule has 3 atom stereocenters. The van der Waals surface area contributed by atoms with Gasteiger partial charge in [-0.1, -0.05) is 16.8 Å². The average Bonchev–Trinajstić information content (AvgIpc) is 3.36. The zero-order valence-electron chi connectivity index (χ0n) is 16.2. The van der Waals surface area contributed by atoms with Gasteiger partial charge in [-0.05, 0) is 44.2 Å². The smallest absolute Gasteiger partial charge is 0.416 e. The SMILES string of the molecule is C[C@@H](Nc1nccc(N2C(=O)OC[C@@H]2[C@@H](C)O)n1)c1nc(-c2ccc(Cl)cc2)no1. The third-order valence-electron chi connectivity index (χ3n) is 4.61. The summed E-state index contributed by atoms with van der Waals surface area (Å²) in [6.45, 7) is 3.50. The van der Waals surface area contributed by atoms with Gasteiger partial charge in [0.25, 0.3) is 0 Å². The van der Waals surface area contributed by atoms with E-state index in [1.807, 2.05) is 6.92 Å². The van der Waals surface area contributed by atoms with Crippen molar-refractivity contribution in [1.29, 1.82) is 0 Å². The lowest BCUT2D eigenvalue weighted by molar-refractivity contribution is 0.142. The zero-order chi connectivity index (χ0) is 21.3. The molecule has 2 aromatic heterocycles. The van der Waals surface area contributed by atoms with E-state index in [9.17, 15) is 9.90 Å². The summed E-state index contributed by atoms with van der Waals surface area (Å²) in [5.41, 5.74) is 0.775. The minimum Gasteiger partial charge on any atom is -0.447 e. The molecule has 0 unspecified atom stereocenters. The number of halogens is 1. The molecule has 0 saturated carbocycles. The van der Waals surface area contributed by atoms with Crippen molar-refractivity contribution in [2.75, 3.05) is 16.8 Å². The highest BCUT2D eigenvalue weighted by atomic mass is 35.5. The maximum absolute atomic E-state index is 12.1. The van der Waals surface area contributed by atoms with E-state index in [-0.39, 0.29) is 12.6 Å². The van der Waals surface area contributed by atoms with Crippen LogP contribution < -0.4 is 10.2 Å². The molecule has 10 nitrogen and oxygen atoms in total. The summed E-state index contributed by atoms with van der Waals surface area (Å²) in [4.78, 5) is 26.3. The number of amides is 1. The number of cyclic esters (lactones) is 1. The Hall–Kier alpha value is -3.24. The molecule has 1 aromatic carbocycles. The topological polar surface area (TPSA) is 127 Å². The largest absolute Gasteiger partial charge is 0.447 e. The van der Waals surface area contributed by atoms with Gasteiger partial charge in [-0.3, -0.25) is 4.90 Å². The summed E-state index contributed by atoms with van der Waals surface area (Å²) >= 11 is 5.91. The third-order valence-corrected chi connectivity index (χ3v) is 4.86. The van der Waals surface area contributed by atoms with Gasteiger partial charge in [0.05, 0.1) is 6.10 Å². The van der Waals surface area contributed by atoms with Crippen LogP contribution in [0, 0.1) is 0 Å². The van der Waals surface area contributed by atoms with Gasteiger partial charge in [-0.2, -0.15) is 9.97 Å². The number of carbonyl (C=O) groups is 1. The molecule has 0 spiro atoms. The van der Waals surface area contributed by atoms with Gasteiger partial charge >= 0.3 is 6.09 Å². The lowest BCUT2D eigenvalue weighted by atomic mass is 10.2. The van der Waals surface area contributed by atoms with Crippen molar-refractivity contribution in [2.24, 2.45) is 0 Å². The Morgan fingerprint density at radius 2 is 2.00 bits per heavy atom. The van der Waals surface area contributed by atoms with E-state index in [2.05, 4.69) is 25.4 Å². The fourth-order valence-corrected chi connectivity index (χ4v) is 3.12. The Balaban J connectivity index is 1.50. The summed E-state index contributed by atoms with van der Waals surface area (Å²) in [5, 5.41) is 17.6. The Kier molecular flexibility index (Phi) is 5.51.